The van der Waals surface area contributed by atoms with Crippen molar-refractivity contribution in [2.75, 3.05) is 59.2 Å². The van der Waals surface area contributed by atoms with E-state index >= 15 is 0 Å². The van der Waals surface area contributed by atoms with Crippen LogP contribution in [0.3, 0.4) is 0 Å². The first-order chi connectivity index (χ1) is 12.8. The van der Waals surface area contributed by atoms with Crippen molar-refractivity contribution in [1.29, 1.82) is 0 Å². The maximum atomic E-state index is 12.7. The van der Waals surface area contributed by atoms with Gasteiger partial charge < -0.3 is 14.8 Å². The molecular weight excluding hydrogens is 330 g/mol. The molecule has 4 aliphatic rings. The van der Waals surface area contributed by atoms with Crippen LogP contribution in [-0.2, 0) is 14.3 Å². The van der Waals surface area contributed by atoms with E-state index in [0.29, 0.717) is 0 Å². The molecule has 0 aromatic carbocycles. The van der Waals surface area contributed by atoms with Crippen molar-refractivity contribution in [3.63, 3.8) is 0 Å². The van der Waals surface area contributed by atoms with Crippen LogP contribution in [0, 0.1) is 5.92 Å². The predicted molar refractivity (Wildman–Crippen MR) is 100 cm³/mol. The zero-order valence-electron chi connectivity index (χ0n) is 16.1. The van der Waals surface area contributed by atoms with Crippen molar-refractivity contribution in [1.82, 2.24) is 15.1 Å². The van der Waals surface area contributed by atoms with E-state index in [4.69, 9.17) is 9.47 Å². The number of carbonyl (C=O) groups is 1. The largest absolute Gasteiger partial charge is 0.381 e. The minimum atomic E-state index is 0.0600. The molecule has 1 aliphatic carbocycles. The van der Waals surface area contributed by atoms with Crippen LogP contribution in [0.2, 0.25) is 0 Å². The molecule has 3 heterocycles. The summed E-state index contributed by atoms with van der Waals surface area (Å²) in [5.74, 6) is 0.453. The van der Waals surface area contributed by atoms with E-state index in [2.05, 4.69) is 15.1 Å². The Balaban J connectivity index is 1.27. The third-order valence-corrected chi connectivity index (χ3v) is 7.07. The lowest BCUT2D eigenvalue weighted by molar-refractivity contribution is -0.133. The summed E-state index contributed by atoms with van der Waals surface area (Å²) in [6.45, 7) is 7.82. The fraction of sp³-hybridized carbons (Fsp3) is 0.950. The fourth-order valence-electron chi connectivity index (χ4n) is 5.21. The smallest absolute Gasteiger partial charge is 0.225 e. The molecule has 148 valence electrons. The van der Waals surface area contributed by atoms with Crippen LogP contribution in [0.4, 0.5) is 0 Å². The molecule has 0 spiro atoms. The highest BCUT2D eigenvalue weighted by Gasteiger charge is 2.41. The van der Waals surface area contributed by atoms with Gasteiger partial charge in [-0.3, -0.25) is 14.6 Å². The Labute approximate surface area is 157 Å². The third-order valence-electron chi connectivity index (χ3n) is 7.07. The second-order valence-corrected chi connectivity index (χ2v) is 8.60. The number of carbonyl (C=O) groups excluding carboxylic acids is 1. The van der Waals surface area contributed by atoms with Gasteiger partial charge in [-0.25, -0.2) is 0 Å². The summed E-state index contributed by atoms with van der Waals surface area (Å²) in [4.78, 5) is 17.8. The molecule has 0 radical (unpaired) electrons. The van der Waals surface area contributed by atoms with Gasteiger partial charge in [0.15, 0.2) is 0 Å². The van der Waals surface area contributed by atoms with Crippen molar-refractivity contribution in [2.24, 2.45) is 5.92 Å². The van der Waals surface area contributed by atoms with Crippen LogP contribution in [0.15, 0.2) is 0 Å². The van der Waals surface area contributed by atoms with Crippen LogP contribution >= 0.6 is 0 Å². The number of ether oxygens (including phenoxy) is 2. The maximum Gasteiger partial charge on any atom is 0.225 e. The molecule has 1 saturated carbocycles. The highest BCUT2D eigenvalue weighted by Crippen LogP contribution is 2.30. The Bertz CT molecular complexity index is 463. The van der Waals surface area contributed by atoms with Crippen molar-refractivity contribution in [3.05, 3.63) is 0 Å². The molecule has 0 aromatic rings. The zero-order valence-corrected chi connectivity index (χ0v) is 16.1. The van der Waals surface area contributed by atoms with Gasteiger partial charge in [0, 0.05) is 57.5 Å². The summed E-state index contributed by atoms with van der Waals surface area (Å²) in [6, 6.07) is 0.739. The first-order valence-corrected chi connectivity index (χ1v) is 10.7. The third kappa shape index (κ3) is 4.08. The SMILES string of the molecule is O=C(NCC1(N2CCOCC2)CCOCC1)C1CN(C2CCCCC2)C1. The van der Waals surface area contributed by atoms with Gasteiger partial charge in [-0.15, -0.1) is 0 Å². The Morgan fingerprint density at radius 1 is 0.962 bits per heavy atom. The number of rotatable bonds is 5. The molecule has 26 heavy (non-hydrogen) atoms. The molecule has 4 fully saturated rings. The van der Waals surface area contributed by atoms with Crippen LogP contribution in [0.1, 0.15) is 44.9 Å². The topological polar surface area (TPSA) is 54.0 Å². The van der Waals surface area contributed by atoms with E-state index in [1.165, 1.54) is 32.1 Å². The van der Waals surface area contributed by atoms with Crippen LogP contribution in [-0.4, -0.2) is 86.4 Å². The molecule has 6 nitrogen and oxygen atoms in total. The van der Waals surface area contributed by atoms with E-state index in [1.54, 1.807) is 0 Å². The van der Waals surface area contributed by atoms with Crippen LogP contribution < -0.4 is 5.32 Å². The van der Waals surface area contributed by atoms with Crippen molar-refractivity contribution < 1.29 is 14.3 Å². The molecule has 6 heteroatoms. The molecule has 3 aliphatic heterocycles. The molecule has 4 rings (SSSR count). The highest BCUT2D eigenvalue weighted by molar-refractivity contribution is 5.80. The lowest BCUT2D eigenvalue weighted by Gasteiger charge is -2.49. The van der Waals surface area contributed by atoms with Crippen molar-refractivity contribution in [3.8, 4) is 0 Å². The average Bonchev–Trinajstić information content (AvgIpc) is 2.68. The number of hydrogen-bond donors (Lipinski definition) is 1. The average molecular weight is 366 g/mol. The molecule has 0 aromatic heterocycles. The van der Waals surface area contributed by atoms with Crippen molar-refractivity contribution >= 4 is 5.91 Å². The van der Waals surface area contributed by atoms with Crippen LogP contribution in [0.25, 0.3) is 0 Å². The number of hydrogen-bond acceptors (Lipinski definition) is 5. The van der Waals surface area contributed by atoms with Crippen LogP contribution in [0.5, 0.6) is 0 Å². The lowest BCUT2D eigenvalue weighted by atomic mass is 9.86. The van der Waals surface area contributed by atoms with E-state index < -0.39 is 0 Å². The molecule has 0 bridgehead atoms. The number of nitrogens with one attached hydrogen (secondary N) is 1. The summed E-state index contributed by atoms with van der Waals surface area (Å²) >= 11 is 0. The number of morpholine rings is 1. The summed E-state index contributed by atoms with van der Waals surface area (Å²) in [5, 5.41) is 3.31. The normalized spacial score (nSPS) is 29.2. The second-order valence-electron chi connectivity index (χ2n) is 8.60. The number of likely N-dealkylation sites (tertiary alicyclic amines) is 1. The maximum absolute atomic E-state index is 12.7. The van der Waals surface area contributed by atoms with Gasteiger partial charge in [0.25, 0.3) is 0 Å². The quantitative estimate of drug-likeness (QED) is 0.795. The second kappa shape index (κ2) is 8.55. The van der Waals surface area contributed by atoms with Gasteiger partial charge in [-0.2, -0.15) is 0 Å². The first-order valence-electron chi connectivity index (χ1n) is 10.7. The molecule has 3 saturated heterocycles. The minimum Gasteiger partial charge on any atom is -0.381 e. The summed E-state index contributed by atoms with van der Waals surface area (Å²) in [5.41, 5.74) is 0.0600. The van der Waals surface area contributed by atoms with E-state index in [9.17, 15) is 4.79 Å². The van der Waals surface area contributed by atoms with Gasteiger partial charge in [-0.05, 0) is 25.7 Å². The molecular formula is C20H35N3O3. The van der Waals surface area contributed by atoms with Crippen molar-refractivity contribution in [2.45, 2.75) is 56.5 Å². The van der Waals surface area contributed by atoms with E-state index in [-0.39, 0.29) is 17.4 Å². The van der Waals surface area contributed by atoms with E-state index in [0.717, 1.165) is 78.0 Å². The zero-order chi connectivity index (χ0) is 17.8. The standard InChI is InChI=1S/C20H35N3O3/c24-19(17-14-22(15-17)18-4-2-1-3-5-18)21-16-20(6-10-25-11-7-20)23-8-12-26-13-9-23/h17-18H,1-16H2,(H,21,24). The fourth-order valence-corrected chi connectivity index (χ4v) is 5.21. The molecule has 0 unspecified atom stereocenters. The number of nitrogens with zero attached hydrogens (tertiary/aromatic N) is 2. The minimum absolute atomic E-state index is 0.0600. The molecule has 0 atom stereocenters. The summed E-state index contributed by atoms with van der Waals surface area (Å²) in [7, 11) is 0. The predicted octanol–water partition coefficient (Wildman–Crippen LogP) is 1.25. The first kappa shape index (κ1) is 18.7. The van der Waals surface area contributed by atoms with Gasteiger partial charge in [0.05, 0.1) is 19.1 Å². The lowest BCUT2D eigenvalue weighted by Crippen LogP contribution is -2.63. The Morgan fingerprint density at radius 2 is 1.62 bits per heavy atom. The highest BCUT2D eigenvalue weighted by atomic mass is 16.5. The molecule has 1 amide bonds. The Morgan fingerprint density at radius 3 is 2.31 bits per heavy atom. The van der Waals surface area contributed by atoms with Gasteiger partial charge in [0.2, 0.25) is 5.91 Å². The summed E-state index contributed by atoms with van der Waals surface area (Å²) in [6.07, 6.45) is 8.78. The van der Waals surface area contributed by atoms with E-state index in [1.807, 2.05) is 0 Å². The Hall–Kier alpha value is -0.690. The van der Waals surface area contributed by atoms with Gasteiger partial charge >= 0.3 is 0 Å². The Kier molecular flexibility index (Phi) is 6.14. The number of amides is 1. The van der Waals surface area contributed by atoms with Gasteiger partial charge in [-0.1, -0.05) is 19.3 Å². The summed E-state index contributed by atoms with van der Waals surface area (Å²) < 4.78 is 11.1. The van der Waals surface area contributed by atoms with Gasteiger partial charge in [0.1, 0.15) is 0 Å². The monoisotopic (exact) mass is 365 g/mol. The molecule has 1 N–H and O–H groups in total.